The van der Waals surface area contributed by atoms with Crippen LogP contribution in [-0.2, 0) is 4.74 Å². The monoisotopic (exact) mass is 169 g/mol. The molecule has 0 fully saturated rings. The highest BCUT2D eigenvalue weighted by molar-refractivity contribution is 5.76. The van der Waals surface area contributed by atoms with Crippen molar-refractivity contribution in [2.75, 3.05) is 7.11 Å². The molecule has 0 aromatic heterocycles. The lowest BCUT2D eigenvalue weighted by molar-refractivity contribution is 0.385. The summed E-state index contributed by atoms with van der Waals surface area (Å²) < 4.78 is 5.20. The van der Waals surface area contributed by atoms with Gasteiger partial charge in [-0.25, -0.2) is 0 Å². The molecule has 0 N–H and O–H groups in total. The van der Waals surface area contributed by atoms with E-state index in [9.17, 15) is 0 Å². The second-order valence-electron chi connectivity index (χ2n) is 3.67. The lowest BCUT2D eigenvalue weighted by atomic mass is 9.98. The zero-order valence-electron chi connectivity index (χ0n) is 8.34. The van der Waals surface area contributed by atoms with Gasteiger partial charge >= 0.3 is 0 Å². The fourth-order valence-electron chi connectivity index (χ4n) is 1.69. The van der Waals surface area contributed by atoms with E-state index in [1.165, 1.54) is 12.8 Å². The molecule has 1 aliphatic heterocycles. The Morgan fingerprint density at radius 3 is 2.92 bits per heavy atom. The van der Waals surface area contributed by atoms with E-state index in [1.807, 2.05) is 0 Å². The van der Waals surface area contributed by atoms with Gasteiger partial charge in [0.15, 0.2) is 5.90 Å². The summed E-state index contributed by atoms with van der Waals surface area (Å²) in [5.41, 5.74) is 0. The van der Waals surface area contributed by atoms with Crippen LogP contribution in [0.4, 0.5) is 0 Å². The van der Waals surface area contributed by atoms with Crippen LogP contribution in [0.25, 0.3) is 0 Å². The second kappa shape index (κ2) is 4.48. The fourth-order valence-corrected chi connectivity index (χ4v) is 1.69. The van der Waals surface area contributed by atoms with Crippen LogP contribution in [0.5, 0.6) is 0 Å². The van der Waals surface area contributed by atoms with Crippen molar-refractivity contribution in [3.63, 3.8) is 0 Å². The number of hydrogen-bond donors (Lipinski definition) is 0. The average Bonchev–Trinajstić information content (AvgIpc) is 2.26. The van der Waals surface area contributed by atoms with E-state index in [4.69, 9.17) is 4.74 Å². The number of ether oxygens (including phenoxy) is 1. The Balaban J connectivity index is 2.59. The Morgan fingerprint density at radius 1 is 1.58 bits per heavy atom. The summed E-state index contributed by atoms with van der Waals surface area (Å²) >= 11 is 0. The van der Waals surface area contributed by atoms with Gasteiger partial charge in [0.25, 0.3) is 0 Å². The van der Waals surface area contributed by atoms with Crippen molar-refractivity contribution < 1.29 is 4.74 Å². The third-order valence-electron chi connectivity index (χ3n) is 2.56. The first kappa shape index (κ1) is 9.56. The molecule has 2 heteroatoms. The minimum atomic E-state index is 0.498. The predicted molar refractivity (Wildman–Crippen MR) is 51.5 cm³/mol. The van der Waals surface area contributed by atoms with E-state index in [-0.39, 0.29) is 0 Å². The van der Waals surface area contributed by atoms with Crippen LogP contribution in [0.3, 0.4) is 0 Å². The molecule has 0 saturated heterocycles. The molecule has 0 spiro atoms. The zero-order chi connectivity index (χ0) is 8.97. The van der Waals surface area contributed by atoms with Gasteiger partial charge in [0.2, 0.25) is 0 Å². The SMILES string of the molecule is CCC1CC(C)CCC(OC)=N1. The van der Waals surface area contributed by atoms with Gasteiger partial charge in [0.1, 0.15) is 0 Å². The van der Waals surface area contributed by atoms with E-state index in [2.05, 4.69) is 18.8 Å². The highest BCUT2D eigenvalue weighted by Crippen LogP contribution is 2.21. The molecule has 0 radical (unpaired) electrons. The molecule has 2 unspecified atom stereocenters. The first-order valence-electron chi connectivity index (χ1n) is 4.87. The molecule has 0 amide bonds. The smallest absolute Gasteiger partial charge is 0.183 e. The highest BCUT2D eigenvalue weighted by Gasteiger charge is 2.16. The normalized spacial score (nSPS) is 30.8. The lowest BCUT2D eigenvalue weighted by Gasteiger charge is -2.11. The molecule has 0 saturated carbocycles. The van der Waals surface area contributed by atoms with Gasteiger partial charge < -0.3 is 4.74 Å². The molecular formula is C10H19NO. The van der Waals surface area contributed by atoms with Crippen molar-refractivity contribution in [2.24, 2.45) is 10.9 Å². The predicted octanol–water partition coefficient (Wildman–Crippen LogP) is 2.63. The van der Waals surface area contributed by atoms with Crippen molar-refractivity contribution in [1.82, 2.24) is 0 Å². The molecular weight excluding hydrogens is 150 g/mol. The van der Waals surface area contributed by atoms with E-state index >= 15 is 0 Å². The van der Waals surface area contributed by atoms with Crippen molar-refractivity contribution in [3.05, 3.63) is 0 Å². The quantitative estimate of drug-likeness (QED) is 0.591. The van der Waals surface area contributed by atoms with Crippen molar-refractivity contribution in [1.29, 1.82) is 0 Å². The first-order valence-corrected chi connectivity index (χ1v) is 4.87. The second-order valence-corrected chi connectivity index (χ2v) is 3.67. The molecule has 0 aromatic rings. The largest absolute Gasteiger partial charge is 0.484 e. The van der Waals surface area contributed by atoms with Gasteiger partial charge in [-0.3, -0.25) is 4.99 Å². The minimum absolute atomic E-state index is 0.498. The Labute approximate surface area is 75.0 Å². The van der Waals surface area contributed by atoms with Gasteiger partial charge in [0, 0.05) is 6.42 Å². The molecule has 2 nitrogen and oxygen atoms in total. The summed E-state index contributed by atoms with van der Waals surface area (Å²) in [6.45, 7) is 4.50. The molecule has 12 heavy (non-hydrogen) atoms. The number of hydrogen-bond acceptors (Lipinski definition) is 2. The van der Waals surface area contributed by atoms with Crippen LogP contribution in [0.1, 0.15) is 39.5 Å². The van der Waals surface area contributed by atoms with Crippen LogP contribution in [0, 0.1) is 5.92 Å². The third-order valence-corrected chi connectivity index (χ3v) is 2.56. The lowest BCUT2D eigenvalue weighted by Crippen LogP contribution is -2.07. The number of rotatable bonds is 1. The van der Waals surface area contributed by atoms with Gasteiger partial charge in [0.05, 0.1) is 13.2 Å². The van der Waals surface area contributed by atoms with E-state index in [1.54, 1.807) is 7.11 Å². The Morgan fingerprint density at radius 2 is 2.33 bits per heavy atom. The summed E-state index contributed by atoms with van der Waals surface area (Å²) in [6.07, 6.45) is 4.61. The first-order chi connectivity index (χ1) is 5.76. The average molecular weight is 169 g/mol. The highest BCUT2D eigenvalue weighted by atomic mass is 16.5. The van der Waals surface area contributed by atoms with Crippen LogP contribution in [0.15, 0.2) is 4.99 Å². The minimum Gasteiger partial charge on any atom is -0.484 e. The molecule has 70 valence electrons. The van der Waals surface area contributed by atoms with E-state index in [0.29, 0.717) is 6.04 Å². The summed E-state index contributed by atoms with van der Waals surface area (Å²) in [6, 6.07) is 0.498. The summed E-state index contributed by atoms with van der Waals surface area (Å²) in [7, 11) is 1.72. The molecule has 0 bridgehead atoms. The zero-order valence-corrected chi connectivity index (χ0v) is 8.34. The number of methoxy groups -OCH3 is 1. The molecule has 1 heterocycles. The summed E-state index contributed by atoms with van der Waals surface area (Å²) in [5.74, 6) is 1.75. The summed E-state index contributed by atoms with van der Waals surface area (Å²) in [4.78, 5) is 4.56. The standard InChI is InChI=1S/C10H19NO/c1-4-9-7-8(2)5-6-10(11-9)12-3/h8-9H,4-7H2,1-3H3. The maximum absolute atomic E-state index is 5.20. The van der Waals surface area contributed by atoms with Crippen molar-refractivity contribution in [3.8, 4) is 0 Å². The topological polar surface area (TPSA) is 21.6 Å². The van der Waals surface area contributed by atoms with Crippen LogP contribution in [-0.4, -0.2) is 19.0 Å². The van der Waals surface area contributed by atoms with Gasteiger partial charge in [-0.05, 0) is 25.2 Å². The number of nitrogens with zero attached hydrogens (tertiary/aromatic N) is 1. The van der Waals surface area contributed by atoms with Crippen LogP contribution >= 0.6 is 0 Å². The third kappa shape index (κ3) is 2.50. The van der Waals surface area contributed by atoms with E-state index < -0.39 is 0 Å². The van der Waals surface area contributed by atoms with Crippen molar-refractivity contribution >= 4 is 5.90 Å². The Kier molecular flexibility index (Phi) is 3.57. The summed E-state index contributed by atoms with van der Waals surface area (Å²) in [5, 5.41) is 0. The van der Waals surface area contributed by atoms with Crippen molar-refractivity contribution in [2.45, 2.75) is 45.6 Å². The number of aliphatic imine (C=N–C) groups is 1. The Hall–Kier alpha value is -0.530. The maximum atomic E-state index is 5.20. The Bertz CT molecular complexity index is 165. The van der Waals surface area contributed by atoms with Gasteiger partial charge in [-0.1, -0.05) is 13.8 Å². The molecule has 0 aromatic carbocycles. The van der Waals surface area contributed by atoms with Crippen LogP contribution in [0.2, 0.25) is 0 Å². The maximum Gasteiger partial charge on any atom is 0.183 e. The molecule has 1 aliphatic rings. The molecule has 2 atom stereocenters. The van der Waals surface area contributed by atoms with Gasteiger partial charge in [-0.15, -0.1) is 0 Å². The van der Waals surface area contributed by atoms with Crippen LogP contribution < -0.4 is 0 Å². The van der Waals surface area contributed by atoms with E-state index in [0.717, 1.165) is 24.7 Å². The molecule has 0 aliphatic carbocycles. The van der Waals surface area contributed by atoms with Gasteiger partial charge in [-0.2, -0.15) is 0 Å². The fraction of sp³-hybridized carbons (Fsp3) is 0.900. The molecule has 1 rings (SSSR count).